The molecule has 0 spiro atoms. The Bertz CT molecular complexity index is 567. The van der Waals surface area contributed by atoms with Crippen LogP contribution in [0.3, 0.4) is 0 Å². The molecule has 4 aliphatic rings. The van der Waals surface area contributed by atoms with Crippen LogP contribution in [0.1, 0.15) is 43.2 Å². The number of allylic oxidation sites excluding steroid dienone is 2. The minimum Gasteiger partial charge on any atom is -0.337 e. The molecule has 5 rings (SSSR count). The van der Waals surface area contributed by atoms with E-state index in [0.29, 0.717) is 35.4 Å². The van der Waals surface area contributed by atoms with Crippen LogP contribution in [0, 0.1) is 23.7 Å². The lowest BCUT2D eigenvalue weighted by Gasteiger charge is -2.40. The van der Waals surface area contributed by atoms with Crippen LogP contribution in [0.2, 0.25) is 0 Å². The Kier molecular flexibility index (Phi) is 2.95. The van der Waals surface area contributed by atoms with Gasteiger partial charge in [0, 0.05) is 25.3 Å². The van der Waals surface area contributed by atoms with Crippen molar-refractivity contribution in [2.75, 3.05) is 13.1 Å². The minimum absolute atomic E-state index is 0.114. The molecule has 0 aromatic carbocycles. The van der Waals surface area contributed by atoms with E-state index in [1.165, 1.54) is 12.8 Å². The summed E-state index contributed by atoms with van der Waals surface area (Å²) in [5.41, 5.74) is 0.600. The van der Waals surface area contributed by atoms with Gasteiger partial charge in [-0.25, -0.2) is 0 Å². The number of hydrogen-bond acceptors (Lipinski definition) is 2. The van der Waals surface area contributed by atoms with E-state index < -0.39 is 0 Å². The quantitative estimate of drug-likeness (QED) is 0.784. The summed E-state index contributed by atoms with van der Waals surface area (Å²) < 4.78 is 1.86. The molecule has 21 heavy (non-hydrogen) atoms. The smallest absolute Gasteiger partial charge is 0.274 e. The summed E-state index contributed by atoms with van der Waals surface area (Å²) in [6.45, 7) is 6.00. The number of likely N-dealkylation sites (tertiary alicyclic amines) is 1. The Labute approximate surface area is 125 Å². The van der Waals surface area contributed by atoms with Crippen LogP contribution in [0.25, 0.3) is 0 Å². The van der Waals surface area contributed by atoms with Crippen molar-refractivity contribution in [1.29, 1.82) is 0 Å². The number of fused-ring (bicyclic) bond motifs is 1. The van der Waals surface area contributed by atoms with Gasteiger partial charge in [-0.3, -0.25) is 9.48 Å². The molecule has 2 fully saturated rings. The molecule has 2 bridgehead atoms. The first-order chi connectivity index (χ1) is 10.1. The summed E-state index contributed by atoms with van der Waals surface area (Å²) in [6, 6.07) is 2.16. The largest absolute Gasteiger partial charge is 0.337 e. The first-order valence-corrected chi connectivity index (χ1v) is 8.16. The molecule has 1 aromatic heterocycles. The molecular formula is C17H23N3O. The number of aromatic nitrogens is 2. The first kappa shape index (κ1) is 13.1. The predicted octanol–water partition coefficient (Wildman–Crippen LogP) is 2.75. The predicted molar refractivity (Wildman–Crippen MR) is 80.8 cm³/mol. The molecule has 0 radical (unpaired) electrons. The second-order valence-corrected chi connectivity index (χ2v) is 7.10. The highest BCUT2D eigenvalue weighted by Crippen LogP contribution is 2.48. The van der Waals surface area contributed by atoms with E-state index in [4.69, 9.17) is 0 Å². The van der Waals surface area contributed by atoms with E-state index in [2.05, 4.69) is 31.1 Å². The van der Waals surface area contributed by atoms with Crippen LogP contribution in [0.4, 0.5) is 0 Å². The van der Waals surface area contributed by atoms with E-state index in [-0.39, 0.29) is 5.91 Å². The van der Waals surface area contributed by atoms with Gasteiger partial charge >= 0.3 is 0 Å². The molecule has 3 aliphatic carbocycles. The van der Waals surface area contributed by atoms with Crippen molar-refractivity contribution in [1.82, 2.24) is 14.7 Å². The van der Waals surface area contributed by atoms with Crippen molar-refractivity contribution in [2.45, 2.75) is 32.7 Å². The van der Waals surface area contributed by atoms with E-state index in [1.807, 2.05) is 21.8 Å². The number of rotatable bonds is 2. The van der Waals surface area contributed by atoms with Crippen LogP contribution in [0.15, 0.2) is 24.4 Å². The van der Waals surface area contributed by atoms with E-state index in [0.717, 1.165) is 13.1 Å². The molecule has 1 amide bonds. The van der Waals surface area contributed by atoms with Gasteiger partial charge in [-0.1, -0.05) is 12.2 Å². The van der Waals surface area contributed by atoms with E-state index in [9.17, 15) is 4.79 Å². The standard InChI is InChI=1S/C17H23N3O/c1-11(2)20-8-7-16(18-20)17(21)19-9-14-12-3-4-13(6-5-12)15(14)10-19/h3-4,7-8,11-15H,5-6,9-10H2,1-2H3/t12-,13-,14+,15+/m0/s1. The number of hydrogen-bond donors (Lipinski definition) is 0. The zero-order valence-corrected chi connectivity index (χ0v) is 12.8. The average Bonchev–Trinajstić information content (AvgIpc) is 3.16. The van der Waals surface area contributed by atoms with Gasteiger partial charge < -0.3 is 4.90 Å². The summed E-state index contributed by atoms with van der Waals surface area (Å²) in [6.07, 6.45) is 9.33. The zero-order valence-electron chi connectivity index (χ0n) is 12.8. The van der Waals surface area contributed by atoms with Gasteiger partial charge in [0.05, 0.1) is 0 Å². The molecule has 4 heteroatoms. The number of carbonyl (C=O) groups is 1. The maximum Gasteiger partial charge on any atom is 0.274 e. The summed E-state index contributed by atoms with van der Waals surface area (Å²) in [5.74, 6) is 2.88. The molecule has 2 heterocycles. The summed E-state index contributed by atoms with van der Waals surface area (Å²) >= 11 is 0. The number of nitrogens with zero attached hydrogens (tertiary/aromatic N) is 3. The van der Waals surface area contributed by atoms with E-state index >= 15 is 0 Å². The van der Waals surface area contributed by atoms with Crippen LogP contribution in [-0.2, 0) is 0 Å². The third-order valence-corrected chi connectivity index (χ3v) is 5.59. The van der Waals surface area contributed by atoms with Gasteiger partial charge in [0.2, 0.25) is 0 Å². The summed E-state index contributed by atoms with van der Waals surface area (Å²) in [7, 11) is 0. The van der Waals surface area contributed by atoms with Gasteiger partial charge in [0.15, 0.2) is 0 Å². The molecule has 0 N–H and O–H groups in total. The minimum atomic E-state index is 0.114. The Balaban J connectivity index is 1.52. The van der Waals surface area contributed by atoms with Gasteiger partial charge in [0.1, 0.15) is 5.69 Å². The number of carbonyl (C=O) groups excluding carboxylic acids is 1. The lowest BCUT2D eigenvalue weighted by Crippen LogP contribution is -2.35. The van der Waals surface area contributed by atoms with Crippen LogP contribution >= 0.6 is 0 Å². The van der Waals surface area contributed by atoms with Crippen molar-refractivity contribution in [3.8, 4) is 0 Å². The molecule has 112 valence electrons. The Morgan fingerprint density at radius 1 is 1.19 bits per heavy atom. The fourth-order valence-corrected chi connectivity index (χ4v) is 4.40. The lowest BCUT2D eigenvalue weighted by atomic mass is 9.64. The highest BCUT2D eigenvalue weighted by atomic mass is 16.2. The highest BCUT2D eigenvalue weighted by Gasteiger charge is 2.47. The van der Waals surface area contributed by atoms with Crippen molar-refractivity contribution < 1.29 is 4.79 Å². The summed E-state index contributed by atoms with van der Waals surface area (Å²) in [5, 5.41) is 4.44. The highest BCUT2D eigenvalue weighted by molar-refractivity contribution is 5.92. The summed E-state index contributed by atoms with van der Waals surface area (Å²) in [4.78, 5) is 14.7. The third-order valence-electron chi connectivity index (χ3n) is 5.59. The zero-order chi connectivity index (χ0) is 14.6. The van der Waals surface area contributed by atoms with Gasteiger partial charge in [0.25, 0.3) is 5.91 Å². The van der Waals surface area contributed by atoms with Crippen molar-refractivity contribution in [3.05, 3.63) is 30.1 Å². The van der Waals surface area contributed by atoms with Crippen molar-refractivity contribution >= 4 is 5.91 Å². The van der Waals surface area contributed by atoms with Crippen LogP contribution in [0.5, 0.6) is 0 Å². The second kappa shape index (κ2) is 4.72. The SMILES string of the molecule is CC(C)n1ccc(C(=O)N2C[C@H]3[C@H](C2)[C@H]2C=C[C@H]3CC2)n1. The molecule has 4 atom stereocenters. The van der Waals surface area contributed by atoms with Gasteiger partial charge in [-0.2, -0.15) is 5.10 Å². The maximum atomic E-state index is 12.7. The van der Waals surface area contributed by atoms with Crippen molar-refractivity contribution in [3.63, 3.8) is 0 Å². The maximum absolute atomic E-state index is 12.7. The average molecular weight is 285 g/mol. The first-order valence-electron chi connectivity index (χ1n) is 8.16. The molecule has 4 nitrogen and oxygen atoms in total. The van der Waals surface area contributed by atoms with Crippen molar-refractivity contribution in [2.24, 2.45) is 23.7 Å². The molecule has 0 unspecified atom stereocenters. The Morgan fingerprint density at radius 2 is 1.81 bits per heavy atom. The lowest BCUT2D eigenvalue weighted by molar-refractivity contribution is 0.0775. The molecule has 1 aliphatic heterocycles. The molecule has 1 saturated carbocycles. The van der Waals surface area contributed by atoms with Crippen LogP contribution < -0.4 is 0 Å². The fourth-order valence-electron chi connectivity index (χ4n) is 4.40. The van der Waals surface area contributed by atoms with Gasteiger partial charge in [-0.15, -0.1) is 0 Å². The second-order valence-electron chi connectivity index (χ2n) is 7.10. The fraction of sp³-hybridized carbons (Fsp3) is 0.647. The Hall–Kier alpha value is -1.58. The Morgan fingerprint density at radius 3 is 2.29 bits per heavy atom. The van der Waals surface area contributed by atoms with Gasteiger partial charge in [-0.05, 0) is 56.4 Å². The van der Waals surface area contributed by atoms with Crippen LogP contribution in [-0.4, -0.2) is 33.7 Å². The monoisotopic (exact) mass is 285 g/mol. The molecule has 1 aromatic rings. The third kappa shape index (κ3) is 2.03. The topological polar surface area (TPSA) is 38.1 Å². The molecular weight excluding hydrogens is 262 g/mol. The normalized spacial score (nSPS) is 33.8. The number of amides is 1. The molecule has 1 saturated heterocycles. The van der Waals surface area contributed by atoms with E-state index in [1.54, 1.807) is 0 Å².